The van der Waals surface area contributed by atoms with Crippen molar-refractivity contribution in [3.8, 4) is 5.75 Å². The Morgan fingerprint density at radius 1 is 1.50 bits per heavy atom. The summed E-state index contributed by atoms with van der Waals surface area (Å²) in [5, 5.41) is 9.35. The summed E-state index contributed by atoms with van der Waals surface area (Å²) in [5.41, 5.74) is 1.78. The highest BCUT2D eigenvalue weighted by Crippen LogP contribution is 2.18. The van der Waals surface area contributed by atoms with Crippen LogP contribution < -0.4 is 0 Å². The highest BCUT2D eigenvalue weighted by molar-refractivity contribution is 5.73. The maximum Gasteiger partial charge on any atom is 0.310 e. The van der Waals surface area contributed by atoms with Gasteiger partial charge < -0.3 is 9.84 Å². The van der Waals surface area contributed by atoms with Gasteiger partial charge in [-0.3, -0.25) is 4.79 Å². The maximum absolute atomic E-state index is 11.3. The van der Waals surface area contributed by atoms with Crippen LogP contribution in [0.5, 0.6) is 5.75 Å². The van der Waals surface area contributed by atoms with E-state index in [0.717, 1.165) is 11.1 Å². The standard InChI is InChI=1S/C13H16O3/c1-3-5-10-8-12(14)7-6-11(10)9-13(15)16-4-2/h3,6-8,14H,1,4-5,9H2,2H3. The van der Waals surface area contributed by atoms with Gasteiger partial charge in [-0.05, 0) is 36.6 Å². The van der Waals surface area contributed by atoms with Gasteiger partial charge in [0.15, 0.2) is 0 Å². The van der Waals surface area contributed by atoms with E-state index in [1.165, 1.54) is 0 Å². The lowest BCUT2D eigenvalue weighted by atomic mass is 10.0. The van der Waals surface area contributed by atoms with Gasteiger partial charge in [-0.2, -0.15) is 0 Å². The van der Waals surface area contributed by atoms with Crippen LogP contribution in [0.25, 0.3) is 0 Å². The minimum Gasteiger partial charge on any atom is -0.508 e. The lowest BCUT2D eigenvalue weighted by Crippen LogP contribution is -2.09. The van der Waals surface area contributed by atoms with E-state index in [1.54, 1.807) is 31.2 Å². The van der Waals surface area contributed by atoms with Crippen molar-refractivity contribution in [1.29, 1.82) is 0 Å². The Kier molecular flexibility index (Phi) is 4.58. The Morgan fingerprint density at radius 2 is 2.25 bits per heavy atom. The van der Waals surface area contributed by atoms with Crippen LogP contribution >= 0.6 is 0 Å². The molecule has 1 aromatic carbocycles. The number of phenolic OH excluding ortho intramolecular Hbond substituents is 1. The summed E-state index contributed by atoms with van der Waals surface area (Å²) in [6.07, 6.45) is 2.60. The Bertz CT molecular complexity index is 383. The lowest BCUT2D eigenvalue weighted by molar-refractivity contribution is -0.142. The van der Waals surface area contributed by atoms with Crippen LogP contribution in [0.2, 0.25) is 0 Å². The average Bonchev–Trinajstić information content (AvgIpc) is 2.23. The van der Waals surface area contributed by atoms with E-state index in [1.807, 2.05) is 0 Å². The van der Waals surface area contributed by atoms with Crippen LogP contribution in [0.15, 0.2) is 30.9 Å². The van der Waals surface area contributed by atoms with Gasteiger partial charge in [-0.1, -0.05) is 12.1 Å². The fourth-order valence-electron chi connectivity index (χ4n) is 1.50. The van der Waals surface area contributed by atoms with Crippen molar-refractivity contribution < 1.29 is 14.6 Å². The van der Waals surface area contributed by atoms with E-state index >= 15 is 0 Å². The van der Waals surface area contributed by atoms with E-state index in [0.29, 0.717) is 13.0 Å². The molecule has 0 bridgehead atoms. The molecule has 0 atom stereocenters. The van der Waals surface area contributed by atoms with Crippen molar-refractivity contribution in [3.05, 3.63) is 42.0 Å². The number of hydrogen-bond acceptors (Lipinski definition) is 3. The molecule has 0 aliphatic rings. The number of benzene rings is 1. The first-order valence-corrected chi connectivity index (χ1v) is 5.24. The largest absolute Gasteiger partial charge is 0.508 e. The predicted molar refractivity (Wildman–Crippen MR) is 62.3 cm³/mol. The molecule has 3 nitrogen and oxygen atoms in total. The number of carbonyl (C=O) groups is 1. The number of hydrogen-bond donors (Lipinski definition) is 1. The van der Waals surface area contributed by atoms with Crippen molar-refractivity contribution in [2.45, 2.75) is 19.8 Å². The number of rotatable bonds is 5. The molecule has 0 amide bonds. The summed E-state index contributed by atoms with van der Waals surface area (Å²) >= 11 is 0. The summed E-state index contributed by atoms with van der Waals surface area (Å²) in [7, 11) is 0. The number of phenols is 1. The first-order valence-electron chi connectivity index (χ1n) is 5.24. The molecule has 0 fully saturated rings. The minimum atomic E-state index is -0.251. The second-order valence-electron chi connectivity index (χ2n) is 3.43. The molecule has 0 unspecified atom stereocenters. The van der Waals surface area contributed by atoms with Gasteiger partial charge in [-0.25, -0.2) is 0 Å². The van der Waals surface area contributed by atoms with Gasteiger partial charge in [0, 0.05) is 0 Å². The number of allylic oxidation sites excluding steroid dienone is 1. The lowest BCUT2D eigenvalue weighted by Gasteiger charge is -2.08. The number of aromatic hydroxyl groups is 1. The molecule has 16 heavy (non-hydrogen) atoms. The van der Waals surface area contributed by atoms with Crippen molar-refractivity contribution in [3.63, 3.8) is 0 Å². The summed E-state index contributed by atoms with van der Waals surface area (Å²) < 4.78 is 4.88. The molecule has 1 N–H and O–H groups in total. The van der Waals surface area contributed by atoms with E-state index in [-0.39, 0.29) is 18.1 Å². The zero-order valence-electron chi connectivity index (χ0n) is 9.40. The van der Waals surface area contributed by atoms with Gasteiger partial charge >= 0.3 is 5.97 Å². The van der Waals surface area contributed by atoms with E-state index in [9.17, 15) is 9.90 Å². The van der Waals surface area contributed by atoms with Gasteiger partial charge in [0.1, 0.15) is 5.75 Å². The fourth-order valence-corrected chi connectivity index (χ4v) is 1.50. The molecule has 0 aliphatic carbocycles. The maximum atomic E-state index is 11.3. The third-order valence-electron chi connectivity index (χ3n) is 2.19. The Hall–Kier alpha value is -1.77. The van der Waals surface area contributed by atoms with Gasteiger partial charge in [0.2, 0.25) is 0 Å². The number of esters is 1. The topological polar surface area (TPSA) is 46.5 Å². The molecule has 0 radical (unpaired) electrons. The minimum absolute atomic E-state index is 0.199. The molecule has 3 heteroatoms. The third-order valence-corrected chi connectivity index (χ3v) is 2.19. The van der Waals surface area contributed by atoms with Crippen LogP contribution in [0.3, 0.4) is 0 Å². The average molecular weight is 220 g/mol. The van der Waals surface area contributed by atoms with Crippen LogP contribution in [-0.2, 0) is 22.4 Å². The Labute approximate surface area is 95.4 Å². The molecule has 0 heterocycles. The molecule has 0 aromatic heterocycles. The zero-order chi connectivity index (χ0) is 12.0. The molecule has 0 spiro atoms. The fraction of sp³-hybridized carbons (Fsp3) is 0.308. The van der Waals surface area contributed by atoms with Crippen molar-refractivity contribution >= 4 is 5.97 Å². The Morgan fingerprint density at radius 3 is 2.88 bits per heavy atom. The first kappa shape index (κ1) is 12.3. The molecular formula is C13H16O3. The second kappa shape index (κ2) is 5.95. The highest BCUT2D eigenvalue weighted by atomic mass is 16.5. The van der Waals surface area contributed by atoms with Crippen LogP contribution in [0.1, 0.15) is 18.1 Å². The van der Waals surface area contributed by atoms with E-state index < -0.39 is 0 Å². The summed E-state index contributed by atoms with van der Waals surface area (Å²) in [6, 6.07) is 4.96. The second-order valence-corrected chi connectivity index (χ2v) is 3.43. The normalized spacial score (nSPS) is 9.81. The van der Waals surface area contributed by atoms with Crippen molar-refractivity contribution in [1.82, 2.24) is 0 Å². The SMILES string of the molecule is C=CCc1cc(O)ccc1CC(=O)OCC. The molecule has 1 rings (SSSR count). The van der Waals surface area contributed by atoms with Crippen molar-refractivity contribution in [2.24, 2.45) is 0 Å². The molecular weight excluding hydrogens is 204 g/mol. The number of carbonyl (C=O) groups excluding carboxylic acids is 1. The zero-order valence-corrected chi connectivity index (χ0v) is 9.40. The van der Waals surface area contributed by atoms with Gasteiger partial charge in [-0.15, -0.1) is 6.58 Å². The molecule has 1 aromatic rings. The van der Waals surface area contributed by atoms with Crippen LogP contribution in [0.4, 0.5) is 0 Å². The van der Waals surface area contributed by atoms with Gasteiger partial charge in [0.25, 0.3) is 0 Å². The quantitative estimate of drug-likeness (QED) is 0.611. The molecule has 86 valence electrons. The summed E-state index contributed by atoms with van der Waals surface area (Å²) in [6.45, 7) is 5.80. The summed E-state index contributed by atoms with van der Waals surface area (Å²) in [4.78, 5) is 11.3. The van der Waals surface area contributed by atoms with Crippen LogP contribution in [-0.4, -0.2) is 17.7 Å². The molecule has 0 saturated carbocycles. The van der Waals surface area contributed by atoms with E-state index in [4.69, 9.17) is 4.74 Å². The number of ether oxygens (including phenoxy) is 1. The van der Waals surface area contributed by atoms with Crippen molar-refractivity contribution in [2.75, 3.05) is 6.61 Å². The Balaban J connectivity index is 2.85. The summed E-state index contributed by atoms with van der Waals surface area (Å²) in [5.74, 6) is -0.0528. The first-order chi connectivity index (χ1) is 7.67. The van der Waals surface area contributed by atoms with E-state index in [2.05, 4.69) is 6.58 Å². The molecule has 0 aliphatic heterocycles. The highest BCUT2D eigenvalue weighted by Gasteiger charge is 2.08. The van der Waals surface area contributed by atoms with Gasteiger partial charge in [0.05, 0.1) is 13.0 Å². The smallest absolute Gasteiger partial charge is 0.310 e. The molecule has 0 saturated heterocycles. The van der Waals surface area contributed by atoms with Crippen LogP contribution in [0, 0.1) is 0 Å². The monoisotopic (exact) mass is 220 g/mol. The predicted octanol–water partition coefficient (Wildman–Crippen LogP) is 2.23. The third kappa shape index (κ3) is 3.42.